The van der Waals surface area contributed by atoms with Gasteiger partial charge in [-0.1, -0.05) is 13.3 Å². The van der Waals surface area contributed by atoms with Crippen molar-refractivity contribution in [2.75, 3.05) is 0 Å². The third-order valence-corrected chi connectivity index (χ3v) is 1.33. The molecule has 0 amide bonds. The lowest BCUT2D eigenvalue weighted by molar-refractivity contribution is 0.811. The van der Waals surface area contributed by atoms with Gasteiger partial charge in [0.05, 0.1) is 0 Å². The molecule has 0 N–H and O–H groups in total. The van der Waals surface area contributed by atoms with Crippen molar-refractivity contribution in [1.82, 2.24) is 9.97 Å². The molecule has 0 atom stereocenters. The topological polar surface area (TPSA) is 25.8 Å². The van der Waals surface area contributed by atoms with Gasteiger partial charge in [0.2, 0.25) is 0 Å². The minimum Gasteiger partial charge on any atom is -0.245 e. The van der Waals surface area contributed by atoms with E-state index in [0.717, 1.165) is 25.0 Å². The normalized spacial score (nSPS) is 9.70. The van der Waals surface area contributed by atoms with Crippen molar-refractivity contribution in [2.45, 2.75) is 19.3 Å². The van der Waals surface area contributed by atoms with E-state index in [0.29, 0.717) is 0 Å². The highest BCUT2D eigenvalue weighted by Crippen LogP contribution is 1.98. The number of aromatic nitrogens is 2. The molecule has 10 heavy (non-hydrogen) atoms. The lowest BCUT2D eigenvalue weighted by Crippen LogP contribution is -1.88. The Bertz CT molecular complexity index is 172. The van der Waals surface area contributed by atoms with Crippen LogP contribution >= 0.6 is 0 Å². The molecule has 0 spiro atoms. The van der Waals surface area contributed by atoms with E-state index in [4.69, 9.17) is 0 Å². The molecule has 2 nitrogen and oxygen atoms in total. The van der Waals surface area contributed by atoms with Crippen molar-refractivity contribution < 1.29 is 0 Å². The molecule has 2 heteroatoms. The fourth-order valence-corrected chi connectivity index (χ4v) is 0.772. The van der Waals surface area contributed by atoms with Crippen molar-refractivity contribution in [3.05, 3.63) is 31.2 Å². The van der Waals surface area contributed by atoms with Crippen LogP contribution in [0.15, 0.2) is 18.6 Å². The lowest BCUT2D eigenvalue weighted by Gasteiger charge is -1.94. The maximum atomic E-state index is 4.08. The van der Waals surface area contributed by atoms with Gasteiger partial charge in [-0.2, -0.15) is 0 Å². The van der Waals surface area contributed by atoms with E-state index in [9.17, 15) is 0 Å². The Balaban J connectivity index is 2.43. The number of hydrogen-bond donors (Lipinski definition) is 0. The van der Waals surface area contributed by atoms with Gasteiger partial charge in [-0.05, 0) is 18.9 Å². The molecule has 1 aromatic heterocycles. The SMILES string of the molecule is [CH2]CCCc1ccncn1. The van der Waals surface area contributed by atoms with E-state index in [1.165, 1.54) is 0 Å². The van der Waals surface area contributed by atoms with Gasteiger partial charge in [-0.15, -0.1) is 0 Å². The second kappa shape index (κ2) is 3.99. The van der Waals surface area contributed by atoms with Gasteiger partial charge in [0, 0.05) is 11.9 Å². The van der Waals surface area contributed by atoms with Crippen LogP contribution < -0.4 is 0 Å². The molecule has 0 saturated heterocycles. The minimum atomic E-state index is 0.976. The number of hydrogen-bond acceptors (Lipinski definition) is 2. The van der Waals surface area contributed by atoms with Crippen molar-refractivity contribution >= 4 is 0 Å². The molecule has 1 radical (unpaired) electrons. The van der Waals surface area contributed by atoms with Crippen LogP contribution in [-0.4, -0.2) is 9.97 Å². The van der Waals surface area contributed by atoms with Crippen LogP contribution in [0.4, 0.5) is 0 Å². The monoisotopic (exact) mass is 135 g/mol. The molecule has 1 rings (SSSR count). The number of nitrogens with zero attached hydrogens (tertiary/aromatic N) is 2. The van der Waals surface area contributed by atoms with Gasteiger partial charge in [0.25, 0.3) is 0 Å². The maximum absolute atomic E-state index is 4.08. The predicted octanol–water partition coefficient (Wildman–Crippen LogP) is 1.63. The third kappa shape index (κ3) is 2.13. The minimum absolute atomic E-state index is 0.976. The zero-order chi connectivity index (χ0) is 7.23. The predicted molar refractivity (Wildman–Crippen MR) is 40.3 cm³/mol. The lowest BCUT2D eigenvalue weighted by atomic mass is 10.2. The maximum Gasteiger partial charge on any atom is 0.115 e. The first kappa shape index (κ1) is 7.19. The standard InChI is InChI=1S/C8H11N2/c1-2-3-4-8-5-6-9-7-10-8/h5-7H,1-4H2. The van der Waals surface area contributed by atoms with Crippen LogP contribution in [0.5, 0.6) is 0 Å². The van der Waals surface area contributed by atoms with E-state index in [1.807, 2.05) is 6.07 Å². The molecule has 0 fully saturated rings. The zero-order valence-electron chi connectivity index (χ0n) is 5.95. The summed E-state index contributed by atoms with van der Waals surface area (Å²) in [5.41, 5.74) is 1.11. The van der Waals surface area contributed by atoms with E-state index >= 15 is 0 Å². The van der Waals surface area contributed by atoms with Crippen LogP contribution in [0.2, 0.25) is 0 Å². The zero-order valence-corrected chi connectivity index (χ0v) is 5.95. The molecule has 53 valence electrons. The molecular formula is C8H11N2. The van der Waals surface area contributed by atoms with Gasteiger partial charge in [-0.25, -0.2) is 9.97 Å². The second-order valence-corrected chi connectivity index (χ2v) is 2.16. The number of unbranched alkanes of at least 4 members (excludes halogenated alkanes) is 1. The smallest absolute Gasteiger partial charge is 0.115 e. The Hall–Kier alpha value is -0.920. The molecule has 0 aromatic carbocycles. The summed E-state index contributed by atoms with van der Waals surface area (Å²) in [5, 5.41) is 0. The highest BCUT2D eigenvalue weighted by molar-refractivity contribution is 4.97. The Labute approximate surface area is 61.3 Å². The fourth-order valence-electron chi connectivity index (χ4n) is 0.772. The highest BCUT2D eigenvalue weighted by atomic mass is 14.8. The van der Waals surface area contributed by atoms with E-state index in [1.54, 1.807) is 12.5 Å². The molecule has 0 bridgehead atoms. The molecule has 1 aromatic rings. The largest absolute Gasteiger partial charge is 0.245 e. The van der Waals surface area contributed by atoms with E-state index in [2.05, 4.69) is 16.9 Å². The summed E-state index contributed by atoms with van der Waals surface area (Å²) in [4.78, 5) is 7.90. The van der Waals surface area contributed by atoms with Gasteiger partial charge in [-0.3, -0.25) is 0 Å². The molecular weight excluding hydrogens is 124 g/mol. The average Bonchev–Trinajstić information content (AvgIpc) is 2.03. The summed E-state index contributed by atoms with van der Waals surface area (Å²) in [5.74, 6) is 0. The van der Waals surface area contributed by atoms with Gasteiger partial charge >= 0.3 is 0 Å². The molecule has 0 aliphatic carbocycles. The molecule has 0 saturated carbocycles. The van der Waals surface area contributed by atoms with Crippen LogP contribution in [-0.2, 0) is 6.42 Å². The molecule has 0 aliphatic rings. The first-order valence-electron chi connectivity index (χ1n) is 3.47. The van der Waals surface area contributed by atoms with Crippen LogP contribution in [0.3, 0.4) is 0 Å². The summed E-state index contributed by atoms with van der Waals surface area (Å²) >= 11 is 0. The van der Waals surface area contributed by atoms with Gasteiger partial charge < -0.3 is 0 Å². The van der Waals surface area contributed by atoms with Crippen molar-refractivity contribution in [2.24, 2.45) is 0 Å². The first-order chi connectivity index (χ1) is 4.93. The summed E-state index contributed by atoms with van der Waals surface area (Å²) in [6.45, 7) is 3.76. The van der Waals surface area contributed by atoms with Gasteiger partial charge in [0.1, 0.15) is 6.33 Å². The number of rotatable bonds is 3. The van der Waals surface area contributed by atoms with Crippen molar-refractivity contribution in [3.8, 4) is 0 Å². The van der Waals surface area contributed by atoms with E-state index < -0.39 is 0 Å². The van der Waals surface area contributed by atoms with Gasteiger partial charge in [0.15, 0.2) is 0 Å². The van der Waals surface area contributed by atoms with Crippen LogP contribution in [0.1, 0.15) is 18.5 Å². The quantitative estimate of drug-likeness (QED) is 0.629. The summed E-state index contributed by atoms with van der Waals surface area (Å²) in [6.07, 6.45) is 6.46. The Morgan fingerprint density at radius 2 is 2.40 bits per heavy atom. The highest BCUT2D eigenvalue weighted by Gasteiger charge is 1.89. The average molecular weight is 135 g/mol. The summed E-state index contributed by atoms with van der Waals surface area (Å²) in [6, 6.07) is 1.94. The summed E-state index contributed by atoms with van der Waals surface area (Å²) in [7, 11) is 0. The summed E-state index contributed by atoms with van der Waals surface area (Å²) < 4.78 is 0. The Morgan fingerprint density at radius 3 is 3.00 bits per heavy atom. The van der Waals surface area contributed by atoms with E-state index in [-0.39, 0.29) is 0 Å². The van der Waals surface area contributed by atoms with Crippen LogP contribution in [0.25, 0.3) is 0 Å². The van der Waals surface area contributed by atoms with Crippen LogP contribution in [0, 0.1) is 6.92 Å². The number of aryl methyl sites for hydroxylation is 1. The molecule has 0 aliphatic heterocycles. The Kier molecular flexibility index (Phi) is 2.87. The molecule has 0 unspecified atom stereocenters. The van der Waals surface area contributed by atoms with Crippen molar-refractivity contribution in [1.29, 1.82) is 0 Å². The fraction of sp³-hybridized carbons (Fsp3) is 0.375. The third-order valence-electron chi connectivity index (χ3n) is 1.33. The Morgan fingerprint density at radius 1 is 1.50 bits per heavy atom. The first-order valence-corrected chi connectivity index (χ1v) is 3.47. The molecule has 1 heterocycles. The second-order valence-electron chi connectivity index (χ2n) is 2.16. The van der Waals surface area contributed by atoms with Crippen molar-refractivity contribution in [3.63, 3.8) is 0 Å².